The Morgan fingerprint density at radius 1 is 1.35 bits per heavy atom. The lowest BCUT2D eigenvalue weighted by Crippen LogP contribution is -2.38. The van der Waals surface area contributed by atoms with Gasteiger partial charge in [-0.05, 0) is 26.2 Å². The van der Waals surface area contributed by atoms with Crippen LogP contribution in [0.1, 0.15) is 37.6 Å². The highest BCUT2D eigenvalue weighted by Crippen LogP contribution is 2.30. The van der Waals surface area contributed by atoms with Crippen molar-refractivity contribution in [2.45, 2.75) is 45.6 Å². The number of aryl methyl sites for hydroxylation is 1. The summed E-state index contributed by atoms with van der Waals surface area (Å²) in [5.74, 6) is 2.96. The van der Waals surface area contributed by atoms with Crippen molar-refractivity contribution < 1.29 is 0 Å². The Labute approximate surface area is 103 Å². The van der Waals surface area contributed by atoms with Crippen molar-refractivity contribution in [1.29, 1.82) is 0 Å². The third-order valence-corrected chi connectivity index (χ3v) is 3.68. The van der Waals surface area contributed by atoms with Crippen LogP contribution in [0.15, 0.2) is 0 Å². The molecule has 1 saturated carbocycles. The van der Waals surface area contributed by atoms with Crippen molar-refractivity contribution in [2.24, 2.45) is 0 Å². The second-order valence-corrected chi connectivity index (χ2v) is 4.74. The maximum atomic E-state index is 4.68. The van der Waals surface area contributed by atoms with Crippen molar-refractivity contribution in [1.82, 2.24) is 9.97 Å². The molecular formula is C13H22N4. The Bertz CT molecular complexity index is 399. The minimum atomic E-state index is 0.665. The summed E-state index contributed by atoms with van der Waals surface area (Å²) in [5.41, 5.74) is 1.15. The van der Waals surface area contributed by atoms with Gasteiger partial charge in [-0.25, -0.2) is 9.97 Å². The van der Waals surface area contributed by atoms with Crippen molar-refractivity contribution in [3.63, 3.8) is 0 Å². The first kappa shape index (κ1) is 12.1. The first-order valence-electron chi connectivity index (χ1n) is 6.45. The van der Waals surface area contributed by atoms with Crippen LogP contribution < -0.4 is 10.2 Å². The SMILES string of the molecule is CCc1nc(NC)c(C)c(N(C)C2CCC2)n1. The Kier molecular flexibility index (Phi) is 3.50. The van der Waals surface area contributed by atoms with Gasteiger partial charge in [-0.1, -0.05) is 6.92 Å². The summed E-state index contributed by atoms with van der Waals surface area (Å²) in [4.78, 5) is 11.5. The smallest absolute Gasteiger partial charge is 0.137 e. The molecule has 1 heterocycles. The number of hydrogen-bond acceptors (Lipinski definition) is 4. The summed E-state index contributed by atoms with van der Waals surface area (Å²) >= 11 is 0. The van der Waals surface area contributed by atoms with E-state index in [4.69, 9.17) is 0 Å². The highest BCUT2D eigenvalue weighted by atomic mass is 15.2. The second kappa shape index (κ2) is 4.90. The monoisotopic (exact) mass is 234 g/mol. The van der Waals surface area contributed by atoms with Crippen LogP contribution >= 0.6 is 0 Å². The van der Waals surface area contributed by atoms with Crippen LogP contribution in [0.5, 0.6) is 0 Å². The fourth-order valence-electron chi connectivity index (χ4n) is 2.24. The molecule has 0 aliphatic heterocycles. The second-order valence-electron chi connectivity index (χ2n) is 4.74. The molecule has 1 N–H and O–H groups in total. The van der Waals surface area contributed by atoms with E-state index in [9.17, 15) is 0 Å². The van der Waals surface area contributed by atoms with E-state index < -0.39 is 0 Å². The van der Waals surface area contributed by atoms with Gasteiger partial charge in [0.05, 0.1) is 0 Å². The average Bonchev–Trinajstić information content (AvgIpc) is 2.27. The van der Waals surface area contributed by atoms with E-state index in [1.165, 1.54) is 19.3 Å². The van der Waals surface area contributed by atoms with E-state index in [0.717, 1.165) is 29.4 Å². The normalized spacial score (nSPS) is 15.5. The Balaban J connectivity index is 2.36. The number of nitrogens with zero attached hydrogens (tertiary/aromatic N) is 3. The van der Waals surface area contributed by atoms with E-state index in [2.05, 4.69) is 41.1 Å². The number of anilines is 2. The van der Waals surface area contributed by atoms with Crippen molar-refractivity contribution in [2.75, 3.05) is 24.3 Å². The number of hydrogen-bond donors (Lipinski definition) is 1. The fourth-order valence-corrected chi connectivity index (χ4v) is 2.24. The van der Waals surface area contributed by atoms with Crippen LogP contribution in [0.4, 0.5) is 11.6 Å². The van der Waals surface area contributed by atoms with Crippen LogP contribution in [0.25, 0.3) is 0 Å². The molecule has 1 aliphatic rings. The summed E-state index contributed by atoms with van der Waals surface area (Å²) in [5, 5.41) is 3.16. The molecule has 1 aliphatic carbocycles. The van der Waals surface area contributed by atoms with Crippen molar-refractivity contribution in [3.05, 3.63) is 11.4 Å². The molecule has 17 heavy (non-hydrogen) atoms. The van der Waals surface area contributed by atoms with Gasteiger partial charge in [0.2, 0.25) is 0 Å². The van der Waals surface area contributed by atoms with Gasteiger partial charge in [-0.3, -0.25) is 0 Å². The molecule has 4 heteroatoms. The van der Waals surface area contributed by atoms with E-state index in [-0.39, 0.29) is 0 Å². The molecule has 0 unspecified atom stereocenters. The fraction of sp³-hybridized carbons (Fsp3) is 0.692. The molecule has 0 spiro atoms. The molecular weight excluding hydrogens is 212 g/mol. The maximum absolute atomic E-state index is 4.68. The number of aromatic nitrogens is 2. The number of nitrogens with one attached hydrogen (secondary N) is 1. The zero-order valence-corrected chi connectivity index (χ0v) is 11.2. The average molecular weight is 234 g/mol. The van der Waals surface area contributed by atoms with Gasteiger partial charge in [0.15, 0.2) is 0 Å². The molecule has 1 aromatic heterocycles. The van der Waals surface area contributed by atoms with Gasteiger partial charge in [0.1, 0.15) is 17.5 Å². The molecule has 0 radical (unpaired) electrons. The zero-order valence-electron chi connectivity index (χ0n) is 11.2. The molecule has 0 bridgehead atoms. The van der Waals surface area contributed by atoms with Crippen molar-refractivity contribution in [3.8, 4) is 0 Å². The standard InChI is InChI=1S/C13H22N4/c1-5-11-15-12(14-3)9(2)13(16-11)17(4)10-7-6-8-10/h10H,5-8H2,1-4H3,(H,14,15,16). The molecule has 1 aromatic rings. The molecule has 4 nitrogen and oxygen atoms in total. The lowest BCUT2D eigenvalue weighted by molar-refractivity contribution is 0.398. The lowest BCUT2D eigenvalue weighted by Gasteiger charge is -2.36. The van der Waals surface area contributed by atoms with E-state index in [0.29, 0.717) is 6.04 Å². The molecule has 94 valence electrons. The summed E-state index contributed by atoms with van der Waals surface area (Å²) in [6.07, 6.45) is 4.80. The van der Waals surface area contributed by atoms with Crippen LogP contribution in [-0.2, 0) is 6.42 Å². The highest BCUT2D eigenvalue weighted by Gasteiger charge is 2.25. The van der Waals surface area contributed by atoms with Gasteiger partial charge in [-0.15, -0.1) is 0 Å². The molecule has 0 saturated heterocycles. The Morgan fingerprint density at radius 2 is 2.06 bits per heavy atom. The predicted octanol–water partition coefficient (Wildman–Crippen LogP) is 2.38. The van der Waals surface area contributed by atoms with E-state index in [1.54, 1.807) is 0 Å². The third kappa shape index (κ3) is 2.21. The van der Waals surface area contributed by atoms with Gasteiger partial charge < -0.3 is 10.2 Å². The summed E-state index contributed by atoms with van der Waals surface area (Å²) in [7, 11) is 4.07. The van der Waals surface area contributed by atoms with Crippen LogP contribution in [-0.4, -0.2) is 30.1 Å². The van der Waals surface area contributed by atoms with E-state index in [1.807, 2.05) is 7.05 Å². The summed E-state index contributed by atoms with van der Waals surface area (Å²) in [6, 6.07) is 0.665. The molecule has 2 rings (SSSR count). The molecule has 1 fully saturated rings. The van der Waals surface area contributed by atoms with Gasteiger partial charge in [0.25, 0.3) is 0 Å². The third-order valence-electron chi connectivity index (χ3n) is 3.68. The van der Waals surface area contributed by atoms with Crippen LogP contribution in [0.3, 0.4) is 0 Å². The zero-order chi connectivity index (χ0) is 12.4. The molecule has 0 atom stereocenters. The van der Waals surface area contributed by atoms with Gasteiger partial charge in [0, 0.05) is 32.1 Å². The Morgan fingerprint density at radius 3 is 2.53 bits per heavy atom. The topological polar surface area (TPSA) is 41.1 Å². The lowest BCUT2D eigenvalue weighted by atomic mass is 9.92. The predicted molar refractivity (Wildman–Crippen MR) is 71.7 cm³/mol. The van der Waals surface area contributed by atoms with Crippen molar-refractivity contribution >= 4 is 11.6 Å². The van der Waals surface area contributed by atoms with E-state index >= 15 is 0 Å². The molecule has 0 aromatic carbocycles. The van der Waals surface area contributed by atoms with Gasteiger partial charge >= 0.3 is 0 Å². The first-order chi connectivity index (χ1) is 8.17. The maximum Gasteiger partial charge on any atom is 0.137 e. The summed E-state index contributed by atoms with van der Waals surface area (Å²) in [6.45, 7) is 4.19. The summed E-state index contributed by atoms with van der Waals surface area (Å²) < 4.78 is 0. The highest BCUT2D eigenvalue weighted by molar-refractivity contribution is 5.58. The quantitative estimate of drug-likeness (QED) is 0.868. The molecule has 0 amide bonds. The minimum absolute atomic E-state index is 0.665. The number of rotatable bonds is 4. The largest absolute Gasteiger partial charge is 0.373 e. The first-order valence-corrected chi connectivity index (χ1v) is 6.45. The van der Waals surface area contributed by atoms with Crippen LogP contribution in [0.2, 0.25) is 0 Å². The minimum Gasteiger partial charge on any atom is -0.373 e. The van der Waals surface area contributed by atoms with Crippen LogP contribution in [0, 0.1) is 6.92 Å². The Hall–Kier alpha value is -1.32. The van der Waals surface area contributed by atoms with Gasteiger partial charge in [-0.2, -0.15) is 0 Å².